The summed E-state index contributed by atoms with van der Waals surface area (Å²) < 4.78 is 5.83. The van der Waals surface area contributed by atoms with E-state index in [4.69, 9.17) is 9.84 Å². The minimum atomic E-state index is -0.692. The Kier molecular flexibility index (Phi) is 3.15. The Morgan fingerprint density at radius 2 is 2.18 bits per heavy atom. The zero-order valence-corrected chi connectivity index (χ0v) is 10.8. The first kappa shape index (κ1) is 12.4. The molecule has 0 aromatic rings. The van der Waals surface area contributed by atoms with Gasteiger partial charge in [-0.15, -0.1) is 0 Å². The molecule has 0 spiro atoms. The summed E-state index contributed by atoms with van der Waals surface area (Å²) in [5, 5.41) is 9.02. The fraction of sp³-hybridized carbons (Fsp3) is 0.846. The van der Waals surface area contributed by atoms with Crippen molar-refractivity contribution in [3.63, 3.8) is 0 Å². The van der Waals surface area contributed by atoms with Gasteiger partial charge in [-0.05, 0) is 24.7 Å². The van der Waals surface area contributed by atoms with Gasteiger partial charge in [-0.3, -0.25) is 4.79 Å². The number of fused-ring (bicyclic) bond motifs is 1. The summed E-state index contributed by atoms with van der Waals surface area (Å²) in [6.45, 7) is 6.46. The average Bonchev–Trinajstić information content (AvgIpc) is 2.54. The van der Waals surface area contributed by atoms with E-state index in [-0.39, 0.29) is 23.5 Å². The van der Waals surface area contributed by atoms with Crippen LogP contribution in [0.5, 0.6) is 0 Å². The topological polar surface area (TPSA) is 58.9 Å². The molecule has 0 aromatic heterocycles. The molecule has 2 rings (SSSR count). The van der Waals surface area contributed by atoms with E-state index in [1.54, 1.807) is 0 Å². The van der Waals surface area contributed by atoms with Crippen molar-refractivity contribution < 1.29 is 14.6 Å². The highest BCUT2D eigenvalue weighted by Gasteiger charge is 2.39. The lowest BCUT2D eigenvalue weighted by molar-refractivity contribution is -0.143. The van der Waals surface area contributed by atoms with E-state index in [0.717, 1.165) is 25.2 Å². The lowest BCUT2D eigenvalue weighted by Gasteiger charge is -2.27. The smallest absolute Gasteiger partial charge is 0.306 e. The summed E-state index contributed by atoms with van der Waals surface area (Å²) in [7, 11) is 0. The van der Waals surface area contributed by atoms with Crippen LogP contribution in [-0.2, 0) is 9.53 Å². The SMILES string of the molecule is CC(C)(C)CC1=NC2CC(C(=O)O)CCC2O1. The molecule has 0 aromatic carbocycles. The molecule has 17 heavy (non-hydrogen) atoms. The van der Waals surface area contributed by atoms with Gasteiger partial charge in [0.2, 0.25) is 0 Å². The molecule has 0 bridgehead atoms. The molecule has 3 atom stereocenters. The van der Waals surface area contributed by atoms with E-state index in [0.29, 0.717) is 6.42 Å². The van der Waals surface area contributed by atoms with Crippen LogP contribution in [0.1, 0.15) is 46.5 Å². The molecular formula is C13H21NO3. The second kappa shape index (κ2) is 4.31. The van der Waals surface area contributed by atoms with Gasteiger partial charge < -0.3 is 9.84 Å². The number of hydrogen-bond donors (Lipinski definition) is 1. The Labute approximate surface area is 102 Å². The van der Waals surface area contributed by atoms with Crippen molar-refractivity contribution in [2.24, 2.45) is 16.3 Å². The highest BCUT2D eigenvalue weighted by molar-refractivity contribution is 5.79. The van der Waals surface area contributed by atoms with Crippen molar-refractivity contribution in [3.05, 3.63) is 0 Å². The third-order valence-electron chi connectivity index (χ3n) is 3.38. The number of aliphatic carboxylic acids is 1. The first-order valence-electron chi connectivity index (χ1n) is 6.31. The van der Waals surface area contributed by atoms with Gasteiger partial charge in [-0.1, -0.05) is 20.8 Å². The first-order valence-corrected chi connectivity index (χ1v) is 6.31. The number of ether oxygens (including phenoxy) is 1. The molecule has 3 unspecified atom stereocenters. The molecule has 0 radical (unpaired) electrons. The predicted molar refractivity (Wildman–Crippen MR) is 65.1 cm³/mol. The largest absolute Gasteiger partial charge is 0.481 e. The minimum Gasteiger partial charge on any atom is -0.481 e. The van der Waals surface area contributed by atoms with E-state index in [2.05, 4.69) is 25.8 Å². The Morgan fingerprint density at radius 1 is 1.47 bits per heavy atom. The predicted octanol–water partition coefficient (Wildman–Crippen LogP) is 2.47. The molecule has 0 saturated heterocycles. The summed E-state index contributed by atoms with van der Waals surface area (Å²) in [6.07, 6.45) is 3.13. The van der Waals surface area contributed by atoms with Gasteiger partial charge in [0.1, 0.15) is 6.10 Å². The number of carboxylic acid groups (broad SMARTS) is 1. The van der Waals surface area contributed by atoms with Crippen LogP contribution in [0.15, 0.2) is 4.99 Å². The van der Waals surface area contributed by atoms with Gasteiger partial charge in [0.15, 0.2) is 5.90 Å². The Hall–Kier alpha value is -1.06. The molecule has 96 valence electrons. The molecule has 4 heteroatoms. The molecule has 2 aliphatic rings. The maximum atomic E-state index is 11.0. The van der Waals surface area contributed by atoms with Crippen molar-refractivity contribution in [1.29, 1.82) is 0 Å². The van der Waals surface area contributed by atoms with E-state index >= 15 is 0 Å². The van der Waals surface area contributed by atoms with Crippen LogP contribution in [0.25, 0.3) is 0 Å². The van der Waals surface area contributed by atoms with Gasteiger partial charge in [-0.2, -0.15) is 0 Å². The van der Waals surface area contributed by atoms with Crippen molar-refractivity contribution in [2.45, 2.75) is 58.6 Å². The lowest BCUT2D eigenvalue weighted by atomic mass is 9.84. The van der Waals surface area contributed by atoms with Crippen molar-refractivity contribution in [1.82, 2.24) is 0 Å². The summed E-state index contributed by atoms with van der Waals surface area (Å²) in [4.78, 5) is 15.5. The zero-order chi connectivity index (χ0) is 12.6. The van der Waals surface area contributed by atoms with Gasteiger partial charge in [0.05, 0.1) is 12.0 Å². The third kappa shape index (κ3) is 2.99. The summed E-state index contributed by atoms with van der Waals surface area (Å²) >= 11 is 0. The van der Waals surface area contributed by atoms with Crippen LogP contribution < -0.4 is 0 Å². The molecule has 1 N–H and O–H groups in total. The van der Waals surface area contributed by atoms with Crippen LogP contribution in [0.4, 0.5) is 0 Å². The second-order valence-corrected chi connectivity index (χ2v) is 6.33. The summed E-state index contributed by atoms with van der Waals surface area (Å²) in [5.41, 5.74) is 0.165. The van der Waals surface area contributed by atoms with E-state index in [1.165, 1.54) is 0 Å². The summed E-state index contributed by atoms with van der Waals surface area (Å²) in [6, 6.07) is 0.0715. The van der Waals surface area contributed by atoms with E-state index in [9.17, 15) is 4.79 Å². The molecule has 0 amide bonds. The summed E-state index contributed by atoms with van der Waals surface area (Å²) in [5.74, 6) is -0.112. The molecule has 1 aliphatic heterocycles. The maximum absolute atomic E-state index is 11.0. The zero-order valence-electron chi connectivity index (χ0n) is 10.8. The number of carboxylic acids is 1. The molecule has 1 heterocycles. The lowest BCUT2D eigenvalue weighted by Crippen LogP contribution is -2.34. The second-order valence-electron chi connectivity index (χ2n) is 6.33. The Morgan fingerprint density at radius 3 is 2.76 bits per heavy atom. The van der Waals surface area contributed by atoms with Gasteiger partial charge >= 0.3 is 5.97 Å². The first-order chi connectivity index (χ1) is 7.85. The van der Waals surface area contributed by atoms with Gasteiger partial charge in [0, 0.05) is 6.42 Å². The van der Waals surface area contributed by atoms with Crippen LogP contribution in [0.2, 0.25) is 0 Å². The van der Waals surface area contributed by atoms with Crippen molar-refractivity contribution in [3.8, 4) is 0 Å². The van der Waals surface area contributed by atoms with Crippen molar-refractivity contribution >= 4 is 11.9 Å². The van der Waals surface area contributed by atoms with E-state index < -0.39 is 5.97 Å². The maximum Gasteiger partial charge on any atom is 0.306 e. The van der Waals surface area contributed by atoms with Gasteiger partial charge in [0.25, 0.3) is 0 Å². The van der Waals surface area contributed by atoms with Crippen LogP contribution in [-0.4, -0.2) is 29.1 Å². The minimum absolute atomic E-state index is 0.0715. The van der Waals surface area contributed by atoms with Crippen LogP contribution >= 0.6 is 0 Å². The molecule has 1 fully saturated rings. The number of aliphatic imine (C=N–C) groups is 1. The normalized spacial score (nSPS) is 32.6. The van der Waals surface area contributed by atoms with Crippen molar-refractivity contribution in [2.75, 3.05) is 0 Å². The fourth-order valence-corrected chi connectivity index (χ4v) is 2.55. The highest BCUT2D eigenvalue weighted by atomic mass is 16.5. The molecule has 1 saturated carbocycles. The number of hydrogen-bond acceptors (Lipinski definition) is 3. The van der Waals surface area contributed by atoms with Gasteiger partial charge in [-0.25, -0.2) is 4.99 Å². The Bertz CT molecular complexity index is 343. The van der Waals surface area contributed by atoms with Crippen LogP contribution in [0, 0.1) is 11.3 Å². The highest BCUT2D eigenvalue weighted by Crippen LogP contribution is 2.34. The number of rotatable bonds is 2. The van der Waals surface area contributed by atoms with Crippen LogP contribution in [0.3, 0.4) is 0 Å². The molecule has 1 aliphatic carbocycles. The fourth-order valence-electron chi connectivity index (χ4n) is 2.55. The Balaban J connectivity index is 1.99. The number of nitrogens with zero attached hydrogens (tertiary/aromatic N) is 1. The quantitative estimate of drug-likeness (QED) is 0.805. The van der Waals surface area contributed by atoms with E-state index in [1.807, 2.05) is 0 Å². The molecule has 4 nitrogen and oxygen atoms in total. The average molecular weight is 239 g/mol. The molecular weight excluding hydrogens is 218 g/mol. The monoisotopic (exact) mass is 239 g/mol. The standard InChI is InChI=1S/C13H21NO3/c1-13(2,3)7-11-14-9-6-8(12(15)16)4-5-10(9)17-11/h8-10H,4-7H2,1-3H3,(H,15,16). The third-order valence-corrected chi connectivity index (χ3v) is 3.38. The number of carbonyl (C=O) groups is 1.